The molecule has 3 rings (SSSR count). The summed E-state index contributed by atoms with van der Waals surface area (Å²) in [6.07, 6.45) is 5.68. The number of fused-ring (bicyclic) bond motifs is 1. The van der Waals surface area contributed by atoms with Crippen molar-refractivity contribution in [2.24, 2.45) is 0 Å². The Kier molecular flexibility index (Phi) is 3.62. The molecule has 1 aliphatic rings. The molecule has 0 spiro atoms. The second-order valence-electron chi connectivity index (χ2n) is 5.98. The molecule has 20 heavy (non-hydrogen) atoms. The van der Waals surface area contributed by atoms with Crippen molar-refractivity contribution < 1.29 is 5.11 Å². The molecule has 3 nitrogen and oxygen atoms in total. The van der Waals surface area contributed by atoms with Crippen molar-refractivity contribution in [3.05, 3.63) is 52.8 Å². The number of nitrogens with zero attached hydrogens (tertiary/aromatic N) is 2. The lowest BCUT2D eigenvalue weighted by atomic mass is 10.00. The maximum Gasteiger partial charge on any atom is 0.0846 e. The molecule has 1 atom stereocenters. The van der Waals surface area contributed by atoms with Crippen molar-refractivity contribution in [2.45, 2.75) is 51.7 Å². The fourth-order valence-corrected chi connectivity index (χ4v) is 2.89. The Morgan fingerprint density at radius 3 is 2.75 bits per heavy atom. The minimum atomic E-state index is -0.462. The van der Waals surface area contributed by atoms with Gasteiger partial charge in [-0.2, -0.15) is 5.10 Å². The van der Waals surface area contributed by atoms with Gasteiger partial charge in [-0.25, -0.2) is 0 Å². The van der Waals surface area contributed by atoms with Gasteiger partial charge in [0.1, 0.15) is 0 Å². The van der Waals surface area contributed by atoms with E-state index in [0.29, 0.717) is 12.5 Å². The Bertz CT molecular complexity index is 601. The van der Waals surface area contributed by atoms with E-state index in [9.17, 15) is 5.11 Å². The van der Waals surface area contributed by atoms with Crippen LogP contribution in [0, 0.1) is 0 Å². The molecule has 1 aromatic heterocycles. The Labute approximate surface area is 120 Å². The van der Waals surface area contributed by atoms with Gasteiger partial charge >= 0.3 is 0 Å². The molecule has 1 aromatic carbocycles. The summed E-state index contributed by atoms with van der Waals surface area (Å²) in [5.74, 6) is 0. The number of aliphatic hydroxyl groups excluding tert-OH is 1. The number of benzene rings is 1. The van der Waals surface area contributed by atoms with Crippen molar-refractivity contribution in [2.75, 3.05) is 0 Å². The van der Waals surface area contributed by atoms with Crippen molar-refractivity contribution >= 4 is 0 Å². The number of hydrogen-bond acceptors (Lipinski definition) is 2. The highest BCUT2D eigenvalue weighted by Crippen LogP contribution is 2.26. The van der Waals surface area contributed by atoms with Crippen LogP contribution in [0.4, 0.5) is 0 Å². The van der Waals surface area contributed by atoms with Crippen molar-refractivity contribution in [1.82, 2.24) is 9.78 Å². The standard InChI is InChI=1S/C17H22N2O/c1-12(2)19-9-8-16(18-19)11-17(20)15-7-6-13-4-3-5-14(13)10-15/h6-10,12,17,20H,3-5,11H2,1-2H3. The van der Waals surface area contributed by atoms with E-state index in [-0.39, 0.29) is 0 Å². The molecule has 0 radical (unpaired) electrons. The lowest BCUT2D eigenvalue weighted by Crippen LogP contribution is -2.06. The second kappa shape index (κ2) is 5.41. The average molecular weight is 270 g/mol. The van der Waals surface area contributed by atoms with Crippen LogP contribution in [0.1, 0.15) is 54.8 Å². The highest BCUT2D eigenvalue weighted by atomic mass is 16.3. The maximum atomic E-state index is 10.4. The van der Waals surface area contributed by atoms with E-state index < -0.39 is 6.10 Å². The van der Waals surface area contributed by atoms with E-state index in [1.807, 2.05) is 16.9 Å². The van der Waals surface area contributed by atoms with Crippen LogP contribution in [0.2, 0.25) is 0 Å². The molecule has 2 aromatic rings. The molecule has 0 amide bonds. The Morgan fingerprint density at radius 1 is 1.20 bits per heavy atom. The van der Waals surface area contributed by atoms with Crippen LogP contribution in [0.3, 0.4) is 0 Å². The predicted molar refractivity (Wildman–Crippen MR) is 79.7 cm³/mol. The molecule has 0 aliphatic heterocycles. The summed E-state index contributed by atoms with van der Waals surface area (Å²) in [5, 5.41) is 14.9. The van der Waals surface area contributed by atoms with Gasteiger partial charge in [-0.05, 0) is 55.9 Å². The van der Waals surface area contributed by atoms with Crippen LogP contribution < -0.4 is 0 Å². The molecule has 0 saturated carbocycles. The smallest absolute Gasteiger partial charge is 0.0846 e. The van der Waals surface area contributed by atoms with Crippen LogP contribution >= 0.6 is 0 Å². The summed E-state index contributed by atoms with van der Waals surface area (Å²) in [6.45, 7) is 4.21. The molecule has 0 fully saturated rings. The van der Waals surface area contributed by atoms with Crippen LogP contribution in [0.25, 0.3) is 0 Å². The normalized spacial score (nSPS) is 15.6. The maximum absolute atomic E-state index is 10.4. The van der Waals surface area contributed by atoms with Gasteiger partial charge in [-0.15, -0.1) is 0 Å². The highest BCUT2D eigenvalue weighted by Gasteiger charge is 2.15. The Balaban J connectivity index is 1.73. The first-order chi connectivity index (χ1) is 9.63. The number of aliphatic hydroxyl groups is 1. The molecule has 1 N–H and O–H groups in total. The first-order valence-electron chi connectivity index (χ1n) is 7.47. The van der Waals surface area contributed by atoms with Crippen molar-refractivity contribution in [3.8, 4) is 0 Å². The predicted octanol–water partition coefficient (Wildman–Crippen LogP) is 3.23. The summed E-state index contributed by atoms with van der Waals surface area (Å²) in [5.41, 5.74) is 4.83. The van der Waals surface area contributed by atoms with Gasteiger partial charge in [-0.1, -0.05) is 18.2 Å². The van der Waals surface area contributed by atoms with Gasteiger partial charge < -0.3 is 5.11 Å². The zero-order chi connectivity index (χ0) is 14.1. The summed E-state index contributed by atoms with van der Waals surface area (Å²) in [4.78, 5) is 0. The minimum Gasteiger partial charge on any atom is -0.388 e. The van der Waals surface area contributed by atoms with Gasteiger partial charge in [0.25, 0.3) is 0 Å². The van der Waals surface area contributed by atoms with Gasteiger partial charge in [-0.3, -0.25) is 4.68 Å². The molecule has 106 valence electrons. The Hall–Kier alpha value is -1.61. The van der Waals surface area contributed by atoms with Gasteiger partial charge in [0.15, 0.2) is 0 Å². The monoisotopic (exact) mass is 270 g/mol. The van der Waals surface area contributed by atoms with E-state index in [1.165, 1.54) is 24.0 Å². The largest absolute Gasteiger partial charge is 0.388 e. The lowest BCUT2D eigenvalue weighted by Gasteiger charge is -2.11. The highest BCUT2D eigenvalue weighted by molar-refractivity contribution is 5.36. The first-order valence-corrected chi connectivity index (χ1v) is 7.47. The molecular formula is C17H22N2O. The fourth-order valence-electron chi connectivity index (χ4n) is 2.89. The Morgan fingerprint density at radius 2 is 2.00 bits per heavy atom. The zero-order valence-corrected chi connectivity index (χ0v) is 12.2. The average Bonchev–Trinajstić information content (AvgIpc) is 3.05. The number of hydrogen-bond donors (Lipinski definition) is 1. The molecule has 0 bridgehead atoms. The molecule has 3 heteroatoms. The van der Waals surface area contributed by atoms with Crippen molar-refractivity contribution in [1.29, 1.82) is 0 Å². The topological polar surface area (TPSA) is 38.0 Å². The molecular weight excluding hydrogens is 248 g/mol. The van der Waals surface area contributed by atoms with E-state index >= 15 is 0 Å². The minimum absolute atomic E-state index is 0.362. The quantitative estimate of drug-likeness (QED) is 0.926. The molecule has 0 saturated heterocycles. The van der Waals surface area contributed by atoms with Crippen LogP contribution in [-0.2, 0) is 19.3 Å². The summed E-state index contributed by atoms with van der Waals surface area (Å²) in [6, 6.07) is 8.77. The third-order valence-corrected chi connectivity index (χ3v) is 4.10. The molecule has 1 unspecified atom stereocenters. The van der Waals surface area contributed by atoms with E-state index in [1.54, 1.807) is 0 Å². The third-order valence-electron chi connectivity index (χ3n) is 4.10. The molecule has 1 aliphatic carbocycles. The number of aromatic nitrogens is 2. The van der Waals surface area contributed by atoms with Crippen LogP contribution in [0.5, 0.6) is 0 Å². The SMILES string of the molecule is CC(C)n1ccc(CC(O)c2ccc3c(c2)CCC3)n1. The lowest BCUT2D eigenvalue weighted by molar-refractivity contribution is 0.176. The van der Waals surface area contributed by atoms with Crippen LogP contribution in [0.15, 0.2) is 30.5 Å². The fraction of sp³-hybridized carbons (Fsp3) is 0.471. The number of aryl methyl sites for hydroxylation is 2. The second-order valence-corrected chi connectivity index (χ2v) is 5.98. The zero-order valence-electron chi connectivity index (χ0n) is 12.2. The summed E-state index contributed by atoms with van der Waals surface area (Å²) in [7, 11) is 0. The van der Waals surface area contributed by atoms with Crippen molar-refractivity contribution in [3.63, 3.8) is 0 Å². The van der Waals surface area contributed by atoms with Gasteiger partial charge in [0.2, 0.25) is 0 Å². The summed E-state index contributed by atoms with van der Waals surface area (Å²) >= 11 is 0. The first kappa shape index (κ1) is 13.4. The third kappa shape index (κ3) is 2.63. The van der Waals surface area contributed by atoms with E-state index in [0.717, 1.165) is 17.7 Å². The van der Waals surface area contributed by atoms with E-state index in [4.69, 9.17) is 0 Å². The summed E-state index contributed by atoms with van der Waals surface area (Å²) < 4.78 is 1.94. The number of rotatable bonds is 4. The van der Waals surface area contributed by atoms with Gasteiger partial charge in [0.05, 0.1) is 11.8 Å². The van der Waals surface area contributed by atoms with E-state index in [2.05, 4.69) is 37.1 Å². The van der Waals surface area contributed by atoms with Gasteiger partial charge in [0, 0.05) is 18.7 Å². The molecule has 1 heterocycles. The van der Waals surface area contributed by atoms with Crippen LogP contribution in [-0.4, -0.2) is 14.9 Å².